The molecule has 0 saturated heterocycles. The van der Waals surface area contributed by atoms with Crippen LogP contribution in [0.1, 0.15) is 0 Å². The van der Waals surface area contributed by atoms with Crippen molar-refractivity contribution in [1.82, 2.24) is 10.6 Å². The number of amides is 2. The highest BCUT2D eigenvalue weighted by molar-refractivity contribution is 5.77. The highest BCUT2D eigenvalue weighted by atomic mass is 16.5. The first-order valence-electron chi connectivity index (χ1n) is 7.78. The number of fused-ring (bicyclic) bond motifs is 17. The molecular formula is C16H22N2O6. The van der Waals surface area contributed by atoms with E-state index in [4.69, 9.17) is 18.9 Å². The minimum Gasteiger partial charge on any atom is -0.484 e. The van der Waals surface area contributed by atoms with E-state index in [-0.39, 0.29) is 25.0 Å². The molecule has 3 rings (SSSR count). The zero-order chi connectivity index (χ0) is 17.0. The van der Waals surface area contributed by atoms with Crippen molar-refractivity contribution in [3.8, 4) is 11.5 Å². The third-order valence-electron chi connectivity index (χ3n) is 3.07. The van der Waals surface area contributed by atoms with E-state index in [1.807, 2.05) is 0 Å². The first-order chi connectivity index (χ1) is 11.7. The normalized spacial score (nSPS) is 18.7. The van der Waals surface area contributed by atoms with Crippen molar-refractivity contribution in [2.24, 2.45) is 0 Å². The molecule has 1 aromatic rings. The Labute approximate surface area is 140 Å². The van der Waals surface area contributed by atoms with Crippen LogP contribution in [-0.2, 0) is 19.1 Å². The second-order valence-electron chi connectivity index (χ2n) is 4.97. The van der Waals surface area contributed by atoms with E-state index in [1.165, 1.54) is 0 Å². The fourth-order valence-electron chi connectivity index (χ4n) is 1.88. The molecule has 0 fully saturated rings. The predicted octanol–water partition coefficient (Wildman–Crippen LogP) is -0.277. The van der Waals surface area contributed by atoms with Crippen LogP contribution in [0.4, 0.5) is 0 Å². The van der Waals surface area contributed by atoms with Crippen LogP contribution in [-0.4, -0.2) is 64.5 Å². The van der Waals surface area contributed by atoms with Crippen LogP contribution in [0.15, 0.2) is 24.3 Å². The van der Waals surface area contributed by atoms with Gasteiger partial charge in [-0.2, -0.15) is 0 Å². The van der Waals surface area contributed by atoms with Gasteiger partial charge < -0.3 is 29.6 Å². The number of nitrogens with one attached hydrogen (secondary N) is 2. The third-order valence-corrected chi connectivity index (χ3v) is 3.07. The van der Waals surface area contributed by atoms with Crippen LogP contribution in [0.25, 0.3) is 0 Å². The Bertz CT molecular complexity index is 473. The van der Waals surface area contributed by atoms with E-state index in [1.54, 1.807) is 24.3 Å². The smallest absolute Gasteiger partial charge is 0.258 e. The molecule has 0 radical (unpaired) electrons. The molecule has 132 valence electrons. The predicted molar refractivity (Wildman–Crippen MR) is 85.1 cm³/mol. The summed E-state index contributed by atoms with van der Waals surface area (Å²) in [5, 5.41) is 5.40. The van der Waals surface area contributed by atoms with Crippen molar-refractivity contribution >= 4 is 11.8 Å². The Morgan fingerprint density at radius 3 is 1.50 bits per heavy atom. The van der Waals surface area contributed by atoms with Gasteiger partial charge in [-0.15, -0.1) is 0 Å². The summed E-state index contributed by atoms with van der Waals surface area (Å²) in [5.41, 5.74) is 0. The third kappa shape index (κ3) is 7.30. The molecule has 2 N–H and O–H groups in total. The highest BCUT2D eigenvalue weighted by Crippen LogP contribution is 2.17. The second kappa shape index (κ2) is 10.5. The van der Waals surface area contributed by atoms with Gasteiger partial charge in [0, 0.05) is 13.1 Å². The summed E-state index contributed by atoms with van der Waals surface area (Å²) in [6, 6.07) is 6.71. The summed E-state index contributed by atoms with van der Waals surface area (Å²) in [6.45, 7) is 2.31. The lowest BCUT2D eigenvalue weighted by Crippen LogP contribution is -2.32. The number of ether oxygens (including phenoxy) is 4. The van der Waals surface area contributed by atoms with E-state index in [9.17, 15) is 9.59 Å². The van der Waals surface area contributed by atoms with Crippen molar-refractivity contribution in [2.75, 3.05) is 52.7 Å². The largest absolute Gasteiger partial charge is 0.484 e. The number of carbonyl (C=O) groups excluding carboxylic acids is 2. The van der Waals surface area contributed by atoms with E-state index in [0.717, 1.165) is 0 Å². The van der Waals surface area contributed by atoms with Crippen molar-refractivity contribution in [1.29, 1.82) is 0 Å². The summed E-state index contributed by atoms with van der Waals surface area (Å²) in [6.07, 6.45) is 0. The maximum atomic E-state index is 11.6. The second-order valence-corrected chi connectivity index (χ2v) is 4.97. The van der Waals surface area contributed by atoms with Gasteiger partial charge in [0.15, 0.2) is 13.2 Å². The summed E-state index contributed by atoms with van der Waals surface area (Å²) < 4.78 is 21.4. The molecule has 2 amide bonds. The van der Waals surface area contributed by atoms with Crippen molar-refractivity contribution in [3.05, 3.63) is 24.3 Å². The molecule has 0 spiro atoms. The lowest BCUT2D eigenvalue weighted by Gasteiger charge is -2.11. The van der Waals surface area contributed by atoms with Crippen LogP contribution >= 0.6 is 0 Å². The number of carbonyl (C=O) groups is 2. The maximum absolute atomic E-state index is 11.6. The van der Waals surface area contributed by atoms with Crippen molar-refractivity contribution in [3.63, 3.8) is 0 Å². The maximum Gasteiger partial charge on any atom is 0.258 e. The Kier molecular flexibility index (Phi) is 7.85. The minimum absolute atomic E-state index is 0.0777. The van der Waals surface area contributed by atoms with Gasteiger partial charge in [-0.1, -0.05) is 0 Å². The lowest BCUT2D eigenvalue weighted by atomic mass is 10.3. The topological polar surface area (TPSA) is 95.1 Å². The highest BCUT2D eigenvalue weighted by Gasteiger charge is 2.05. The fraction of sp³-hybridized carbons (Fsp3) is 0.500. The molecule has 1 aromatic carbocycles. The van der Waals surface area contributed by atoms with Gasteiger partial charge in [0.2, 0.25) is 0 Å². The van der Waals surface area contributed by atoms with Crippen LogP contribution in [0.3, 0.4) is 0 Å². The molecule has 0 aliphatic carbocycles. The van der Waals surface area contributed by atoms with Crippen LogP contribution in [0.2, 0.25) is 0 Å². The van der Waals surface area contributed by atoms with Gasteiger partial charge in [0.05, 0.1) is 26.4 Å². The first-order valence-corrected chi connectivity index (χ1v) is 7.78. The lowest BCUT2D eigenvalue weighted by molar-refractivity contribution is -0.124. The van der Waals surface area contributed by atoms with Crippen LogP contribution < -0.4 is 20.1 Å². The molecule has 0 unspecified atom stereocenters. The minimum atomic E-state index is -0.221. The molecule has 24 heavy (non-hydrogen) atoms. The average molecular weight is 338 g/mol. The van der Waals surface area contributed by atoms with Crippen molar-refractivity contribution in [2.45, 2.75) is 0 Å². The molecule has 2 bridgehead atoms. The molecule has 8 heteroatoms. The molecule has 0 saturated carbocycles. The average Bonchev–Trinajstić information content (AvgIpc) is 2.60. The molecule has 2 aliphatic heterocycles. The number of rotatable bonds is 0. The van der Waals surface area contributed by atoms with E-state index in [2.05, 4.69) is 10.6 Å². The van der Waals surface area contributed by atoms with E-state index >= 15 is 0 Å². The van der Waals surface area contributed by atoms with E-state index < -0.39 is 0 Å². The molecule has 8 nitrogen and oxygen atoms in total. The van der Waals surface area contributed by atoms with E-state index in [0.29, 0.717) is 51.0 Å². The first kappa shape index (κ1) is 18.0. The summed E-state index contributed by atoms with van der Waals surface area (Å²) >= 11 is 0. The van der Waals surface area contributed by atoms with Gasteiger partial charge in [0.1, 0.15) is 11.5 Å². The Balaban J connectivity index is 1.85. The quantitative estimate of drug-likeness (QED) is 0.632. The summed E-state index contributed by atoms with van der Waals surface area (Å²) in [4.78, 5) is 23.2. The van der Waals surface area contributed by atoms with Gasteiger partial charge >= 0.3 is 0 Å². The molecular weight excluding hydrogens is 316 g/mol. The molecule has 2 heterocycles. The zero-order valence-electron chi connectivity index (χ0n) is 13.4. The monoisotopic (exact) mass is 338 g/mol. The zero-order valence-corrected chi connectivity index (χ0v) is 13.4. The number of hydrogen-bond donors (Lipinski definition) is 2. The van der Waals surface area contributed by atoms with Gasteiger partial charge in [0.25, 0.3) is 11.8 Å². The van der Waals surface area contributed by atoms with Gasteiger partial charge in [-0.3, -0.25) is 9.59 Å². The van der Waals surface area contributed by atoms with Crippen molar-refractivity contribution < 1.29 is 28.5 Å². The Hall–Kier alpha value is -2.32. The Morgan fingerprint density at radius 1 is 0.667 bits per heavy atom. The van der Waals surface area contributed by atoms with Gasteiger partial charge in [-0.05, 0) is 24.3 Å². The summed E-state index contributed by atoms with van der Waals surface area (Å²) in [7, 11) is 0. The van der Waals surface area contributed by atoms with Gasteiger partial charge in [-0.25, -0.2) is 0 Å². The van der Waals surface area contributed by atoms with Crippen LogP contribution in [0.5, 0.6) is 11.5 Å². The Morgan fingerprint density at radius 2 is 1.08 bits per heavy atom. The summed E-state index contributed by atoms with van der Waals surface area (Å²) in [5.74, 6) is 0.650. The number of benzene rings is 1. The van der Waals surface area contributed by atoms with Crippen LogP contribution in [0, 0.1) is 0 Å². The standard InChI is InChI=1S/C16H22N2O6/c19-15-11-23-13-1-2-14(4-3-13)24-12-16(20)18-6-8-22-10-9-21-7-5-17-15/h1-4H,5-12H2,(H,17,19)(H,18,20). The molecule has 0 atom stereocenters. The fourth-order valence-corrected chi connectivity index (χ4v) is 1.88. The number of hydrogen-bond acceptors (Lipinski definition) is 6. The SMILES string of the molecule is O=C1COc2ccc(cc2)OCC(=O)NCCOCCOCCN1. The molecule has 0 aromatic heterocycles. The molecule has 2 aliphatic rings.